The van der Waals surface area contributed by atoms with Gasteiger partial charge in [-0.15, -0.1) is 11.3 Å². The van der Waals surface area contributed by atoms with Crippen LogP contribution in [0.25, 0.3) is 11.0 Å². The molecule has 0 amide bonds. The van der Waals surface area contributed by atoms with Gasteiger partial charge in [-0.3, -0.25) is 9.20 Å². The number of fused-ring (bicyclic) bond motifs is 1. The topological polar surface area (TPSA) is 79.1 Å². The third-order valence-electron chi connectivity index (χ3n) is 3.50. The zero-order valence-corrected chi connectivity index (χ0v) is 15.0. The average molecular weight is 372 g/mol. The van der Waals surface area contributed by atoms with Crippen molar-refractivity contribution in [3.63, 3.8) is 0 Å². The van der Waals surface area contributed by atoms with Crippen LogP contribution < -0.4 is 15.0 Å². The first-order valence-electron chi connectivity index (χ1n) is 7.63. The van der Waals surface area contributed by atoms with Crippen molar-refractivity contribution in [3.05, 3.63) is 63.5 Å². The standard InChI is InChI=1S/C18H16N2O5S/c1-23-14-7-12(8-15(10-14)24-2)3-4-17(22)25-11-13-9-16(21)20-5-6-26-18(20)19-13/h3-10H,11H2,1-2H3/b4-3+. The molecule has 0 aliphatic rings. The van der Waals surface area contributed by atoms with E-state index in [9.17, 15) is 9.59 Å². The van der Waals surface area contributed by atoms with Crippen molar-refractivity contribution in [2.45, 2.75) is 6.61 Å². The molecular weight excluding hydrogens is 356 g/mol. The van der Waals surface area contributed by atoms with Crippen molar-refractivity contribution >= 4 is 28.3 Å². The summed E-state index contributed by atoms with van der Waals surface area (Å²) in [4.78, 5) is 28.6. The third kappa shape index (κ3) is 4.09. The number of methoxy groups -OCH3 is 2. The van der Waals surface area contributed by atoms with Crippen LogP contribution in [-0.2, 0) is 16.1 Å². The molecule has 7 nitrogen and oxygen atoms in total. The highest BCUT2D eigenvalue weighted by atomic mass is 32.1. The molecule has 0 fully saturated rings. The van der Waals surface area contributed by atoms with Gasteiger partial charge in [0.05, 0.1) is 19.9 Å². The molecule has 0 unspecified atom stereocenters. The van der Waals surface area contributed by atoms with Crippen LogP contribution in [0.1, 0.15) is 11.3 Å². The minimum Gasteiger partial charge on any atom is -0.497 e. The lowest BCUT2D eigenvalue weighted by Gasteiger charge is -2.06. The minimum atomic E-state index is -0.542. The van der Waals surface area contributed by atoms with Crippen molar-refractivity contribution in [1.82, 2.24) is 9.38 Å². The van der Waals surface area contributed by atoms with Gasteiger partial charge >= 0.3 is 5.97 Å². The summed E-state index contributed by atoms with van der Waals surface area (Å²) >= 11 is 1.34. The molecule has 0 aliphatic carbocycles. The largest absolute Gasteiger partial charge is 0.497 e. The molecule has 0 atom stereocenters. The molecule has 26 heavy (non-hydrogen) atoms. The van der Waals surface area contributed by atoms with Gasteiger partial charge < -0.3 is 14.2 Å². The van der Waals surface area contributed by atoms with Gasteiger partial charge in [-0.2, -0.15) is 0 Å². The van der Waals surface area contributed by atoms with E-state index >= 15 is 0 Å². The number of nitrogens with zero attached hydrogens (tertiary/aromatic N) is 2. The maximum Gasteiger partial charge on any atom is 0.331 e. The first-order chi connectivity index (χ1) is 12.6. The summed E-state index contributed by atoms with van der Waals surface area (Å²) < 4.78 is 16.9. The van der Waals surface area contributed by atoms with E-state index in [1.807, 2.05) is 0 Å². The number of rotatable bonds is 6. The predicted octanol–water partition coefficient (Wildman–Crippen LogP) is 2.53. The molecule has 3 rings (SSSR count). The molecule has 3 aromatic rings. The summed E-state index contributed by atoms with van der Waals surface area (Å²) in [6, 6.07) is 6.61. The monoisotopic (exact) mass is 372 g/mol. The quantitative estimate of drug-likeness (QED) is 0.489. The molecule has 2 heterocycles. The Kier molecular flexibility index (Phi) is 5.33. The molecule has 0 N–H and O–H groups in total. The molecule has 0 saturated carbocycles. The minimum absolute atomic E-state index is 0.0752. The molecule has 0 bridgehead atoms. The van der Waals surface area contributed by atoms with Crippen molar-refractivity contribution in [1.29, 1.82) is 0 Å². The van der Waals surface area contributed by atoms with E-state index in [0.29, 0.717) is 22.2 Å². The maximum absolute atomic E-state index is 11.9. The second-order valence-corrected chi connectivity index (χ2v) is 6.10. The Morgan fingerprint density at radius 2 is 1.92 bits per heavy atom. The van der Waals surface area contributed by atoms with E-state index in [1.165, 1.54) is 27.9 Å². The van der Waals surface area contributed by atoms with Gasteiger partial charge in [0.2, 0.25) is 0 Å². The molecule has 2 aromatic heterocycles. The van der Waals surface area contributed by atoms with Crippen LogP contribution >= 0.6 is 11.3 Å². The highest BCUT2D eigenvalue weighted by Gasteiger charge is 2.06. The number of thiazole rings is 1. The lowest BCUT2D eigenvalue weighted by atomic mass is 10.2. The zero-order chi connectivity index (χ0) is 18.5. The Balaban J connectivity index is 1.66. The van der Waals surface area contributed by atoms with Crippen molar-refractivity contribution in [2.24, 2.45) is 0 Å². The van der Waals surface area contributed by atoms with Crippen LogP contribution in [0.2, 0.25) is 0 Å². The highest BCUT2D eigenvalue weighted by Crippen LogP contribution is 2.23. The van der Waals surface area contributed by atoms with Crippen LogP contribution in [0.4, 0.5) is 0 Å². The number of carbonyl (C=O) groups is 1. The smallest absolute Gasteiger partial charge is 0.331 e. The normalized spacial score (nSPS) is 11.0. The summed E-state index contributed by atoms with van der Waals surface area (Å²) in [6.45, 7) is -0.0752. The molecule has 0 aliphatic heterocycles. The Morgan fingerprint density at radius 1 is 1.19 bits per heavy atom. The van der Waals surface area contributed by atoms with Crippen LogP contribution in [0.3, 0.4) is 0 Å². The van der Waals surface area contributed by atoms with Gasteiger partial charge in [0.1, 0.15) is 18.1 Å². The van der Waals surface area contributed by atoms with E-state index in [2.05, 4.69) is 4.98 Å². The molecule has 0 saturated heterocycles. The Labute approximate surface area is 153 Å². The van der Waals surface area contributed by atoms with Crippen molar-refractivity contribution in [2.75, 3.05) is 14.2 Å². The van der Waals surface area contributed by atoms with E-state index in [-0.39, 0.29) is 12.2 Å². The number of hydrogen-bond donors (Lipinski definition) is 0. The molecule has 0 spiro atoms. The molecule has 0 radical (unpaired) electrons. The van der Waals surface area contributed by atoms with Crippen LogP contribution in [-0.4, -0.2) is 29.6 Å². The van der Waals surface area contributed by atoms with Gasteiger partial charge in [-0.05, 0) is 23.8 Å². The summed E-state index contributed by atoms with van der Waals surface area (Å²) in [6.07, 6.45) is 4.54. The molecule has 1 aromatic carbocycles. The second-order valence-electron chi connectivity index (χ2n) is 5.23. The summed E-state index contributed by atoms with van der Waals surface area (Å²) in [5.74, 6) is 0.692. The number of hydrogen-bond acceptors (Lipinski definition) is 7. The van der Waals surface area contributed by atoms with Gasteiger partial charge in [0, 0.05) is 29.8 Å². The Hall–Kier alpha value is -3.13. The van der Waals surface area contributed by atoms with Crippen LogP contribution in [0.15, 0.2) is 46.7 Å². The first-order valence-corrected chi connectivity index (χ1v) is 8.50. The van der Waals surface area contributed by atoms with Crippen LogP contribution in [0, 0.1) is 0 Å². The van der Waals surface area contributed by atoms with Crippen molar-refractivity contribution in [3.8, 4) is 11.5 Å². The molecule has 134 valence electrons. The Morgan fingerprint density at radius 3 is 2.62 bits per heavy atom. The number of aromatic nitrogens is 2. The third-order valence-corrected chi connectivity index (χ3v) is 4.26. The zero-order valence-electron chi connectivity index (χ0n) is 14.2. The average Bonchev–Trinajstić information content (AvgIpc) is 3.13. The number of carbonyl (C=O) groups excluding carboxylic acids is 1. The maximum atomic E-state index is 11.9. The summed E-state index contributed by atoms with van der Waals surface area (Å²) in [5, 5.41) is 1.77. The fraction of sp³-hybridized carbons (Fsp3) is 0.167. The van der Waals surface area contributed by atoms with Gasteiger partial charge in [0.15, 0.2) is 4.96 Å². The fourth-order valence-electron chi connectivity index (χ4n) is 2.24. The van der Waals surface area contributed by atoms with E-state index in [4.69, 9.17) is 14.2 Å². The van der Waals surface area contributed by atoms with E-state index in [0.717, 1.165) is 5.56 Å². The lowest BCUT2D eigenvalue weighted by molar-refractivity contribution is -0.139. The summed E-state index contributed by atoms with van der Waals surface area (Å²) in [5.41, 5.74) is 0.929. The van der Waals surface area contributed by atoms with E-state index in [1.54, 1.807) is 50.1 Å². The number of esters is 1. The SMILES string of the molecule is COc1cc(/C=C/C(=O)OCc2cc(=O)n3ccsc3n2)cc(OC)c1. The number of benzene rings is 1. The first kappa shape index (κ1) is 17.7. The number of ether oxygens (including phenoxy) is 3. The molecular formula is C18H16N2O5S. The van der Waals surface area contributed by atoms with Crippen LogP contribution in [0.5, 0.6) is 11.5 Å². The summed E-state index contributed by atoms with van der Waals surface area (Å²) in [7, 11) is 3.10. The molecule has 8 heteroatoms. The highest BCUT2D eigenvalue weighted by molar-refractivity contribution is 7.15. The van der Waals surface area contributed by atoms with Gasteiger partial charge in [-0.25, -0.2) is 9.78 Å². The second kappa shape index (κ2) is 7.83. The Bertz CT molecular complexity index is 1000. The van der Waals surface area contributed by atoms with Crippen molar-refractivity contribution < 1.29 is 19.0 Å². The van der Waals surface area contributed by atoms with E-state index < -0.39 is 5.97 Å². The predicted molar refractivity (Wildman–Crippen MR) is 97.7 cm³/mol. The lowest BCUT2D eigenvalue weighted by Crippen LogP contribution is -2.14. The van der Waals surface area contributed by atoms with Gasteiger partial charge in [0.25, 0.3) is 5.56 Å². The fourth-order valence-corrected chi connectivity index (χ4v) is 2.98. The van der Waals surface area contributed by atoms with Gasteiger partial charge in [-0.1, -0.05) is 0 Å².